The molecule has 3 rings (SSSR count). The predicted octanol–water partition coefficient (Wildman–Crippen LogP) is 2.37. The normalized spacial score (nSPS) is 20.8. The van der Waals surface area contributed by atoms with Crippen molar-refractivity contribution in [2.75, 3.05) is 0 Å². The van der Waals surface area contributed by atoms with Gasteiger partial charge in [0.1, 0.15) is 17.4 Å². The first-order chi connectivity index (χ1) is 10.7. The molecular formula is C17H13N3O2. The van der Waals surface area contributed by atoms with E-state index < -0.39 is 5.92 Å². The first-order valence-electron chi connectivity index (χ1n) is 6.99. The summed E-state index contributed by atoms with van der Waals surface area (Å²) in [6, 6.07) is 11.0. The number of hydrogen-bond acceptors (Lipinski definition) is 5. The number of ketones is 1. The summed E-state index contributed by atoms with van der Waals surface area (Å²) in [5, 5.41) is 18.3. The number of hydrogen-bond donors (Lipinski definition) is 1. The van der Waals surface area contributed by atoms with Crippen molar-refractivity contribution >= 4 is 5.78 Å². The van der Waals surface area contributed by atoms with Gasteiger partial charge in [0, 0.05) is 18.4 Å². The second-order valence-corrected chi connectivity index (χ2v) is 5.27. The van der Waals surface area contributed by atoms with Gasteiger partial charge in [-0.25, -0.2) is 0 Å². The standard InChI is InChI=1S/C17H13N3O2/c18-8-10-4-6-11(7-5-10)15-12(9-19)17(20)22-14-3-1-2-13(21)16(14)15/h4-7,15H,1-3,20H2/t15-/m1/s1. The van der Waals surface area contributed by atoms with E-state index in [0.29, 0.717) is 29.7 Å². The molecule has 2 N–H and O–H groups in total. The number of benzene rings is 1. The molecule has 1 aromatic rings. The number of Topliss-reactive ketones (excluding diaryl/α,β-unsaturated/α-hetero) is 1. The molecule has 2 aliphatic rings. The third kappa shape index (κ3) is 2.13. The van der Waals surface area contributed by atoms with Crippen molar-refractivity contribution < 1.29 is 9.53 Å². The number of carbonyl (C=O) groups is 1. The fraction of sp³-hybridized carbons (Fsp3) is 0.235. The summed E-state index contributed by atoms with van der Waals surface area (Å²) < 4.78 is 5.50. The van der Waals surface area contributed by atoms with E-state index in [2.05, 4.69) is 12.1 Å². The molecular weight excluding hydrogens is 278 g/mol. The highest BCUT2D eigenvalue weighted by Crippen LogP contribution is 2.43. The van der Waals surface area contributed by atoms with Gasteiger partial charge in [0.25, 0.3) is 0 Å². The van der Waals surface area contributed by atoms with Gasteiger partial charge in [0.15, 0.2) is 5.78 Å². The van der Waals surface area contributed by atoms with Crippen molar-refractivity contribution in [2.24, 2.45) is 5.73 Å². The Morgan fingerprint density at radius 1 is 1.14 bits per heavy atom. The summed E-state index contributed by atoms with van der Waals surface area (Å²) in [6.45, 7) is 0. The third-order valence-corrected chi connectivity index (χ3v) is 3.98. The highest BCUT2D eigenvalue weighted by Gasteiger charge is 2.37. The molecule has 0 aromatic heterocycles. The Balaban J connectivity index is 2.16. The summed E-state index contributed by atoms with van der Waals surface area (Å²) in [5.41, 5.74) is 7.93. The highest BCUT2D eigenvalue weighted by molar-refractivity contribution is 5.99. The zero-order valence-electron chi connectivity index (χ0n) is 11.8. The Morgan fingerprint density at radius 3 is 2.50 bits per heavy atom. The summed E-state index contributed by atoms with van der Waals surface area (Å²) in [6.07, 6.45) is 1.83. The lowest BCUT2D eigenvalue weighted by Gasteiger charge is -2.30. The Morgan fingerprint density at radius 2 is 1.86 bits per heavy atom. The Bertz CT molecular complexity index is 789. The summed E-state index contributed by atoms with van der Waals surface area (Å²) >= 11 is 0. The first-order valence-corrected chi connectivity index (χ1v) is 6.99. The molecule has 0 bridgehead atoms. The molecule has 22 heavy (non-hydrogen) atoms. The average Bonchev–Trinajstić information content (AvgIpc) is 2.54. The molecule has 0 spiro atoms. The van der Waals surface area contributed by atoms with Crippen molar-refractivity contribution in [3.63, 3.8) is 0 Å². The molecule has 0 saturated carbocycles. The molecule has 1 aromatic carbocycles. The fourth-order valence-corrected chi connectivity index (χ4v) is 2.94. The Kier molecular flexibility index (Phi) is 3.40. The van der Waals surface area contributed by atoms with Crippen molar-refractivity contribution in [1.82, 2.24) is 0 Å². The van der Waals surface area contributed by atoms with Crippen LogP contribution in [-0.2, 0) is 9.53 Å². The lowest BCUT2D eigenvalue weighted by atomic mass is 9.77. The van der Waals surface area contributed by atoms with Crippen molar-refractivity contribution in [1.29, 1.82) is 10.5 Å². The predicted molar refractivity (Wildman–Crippen MR) is 77.7 cm³/mol. The molecule has 1 atom stereocenters. The number of nitrogens with zero attached hydrogens (tertiary/aromatic N) is 2. The van der Waals surface area contributed by atoms with E-state index in [1.165, 1.54) is 0 Å². The van der Waals surface area contributed by atoms with Crippen LogP contribution in [0.5, 0.6) is 0 Å². The number of allylic oxidation sites excluding steroid dienone is 3. The second-order valence-electron chi connectivity index (χ2n) is 5.27. The van der Waals surface area contributed by atoms with Gasteiger partial charge in [-0.2, -0.15) is 10.5 Å². The van der Waals surface area contributed by atoms with Crippen LogP contribution in [0.4, 0.5) is 0 Å². The van der Waals surface area contributed by atoms with Crippen LogP contribution in [0, 0.1) is 22.7 Å². The molecule has 1 heterocycles. The van der Waals surface area contributed by atoms with Crippen molar-refractivity contribution in [3.05, 3.63) is 58.2 Å². The fourth-order valence-electron chi connectivity index (χ4n) is 2.94. The Labute approximate surface area is 127 Å². The topological polar surface area (TPSA) is 99.9 Å². The molecule has 0 fully saturated rings. The Hall–Kier alpha value is -3.05. The maximum atomic E-state index is 12.3. The molecule has 0 amide bonds. The van der Waals surface area contributed by atoms with Crippen molar-refractivity contribution in [2.45, 2.75) is 25.2 Å². The van der Waals surface area contributed by atoms with Crippen LogP contribution >= 0.6 is 0 Å². The van der Waals surface area contributed by atoms with Crippen LogP contribution in [0.3, 0.4) is 0 Å². The van der Waals surface area contributed by atoms with Gasteiger partial charge in [-0.1, -0.05) is 12.1 Å². The van der Waals surface area contributed by atoms with E-state index in [9.17, 15) is 10.1 Å². The lowest BCUT2D eigenvalue weighted by Crippen LogP contribution is -2.27. The summed E-state index contributed by atoms with van der Waals surface area (Å²) in [4.78, 5) is 12.3. The zero-order valence-corrected chi connectivity index (χ0v) is 11.8. The van der Waals surface area contributed by atoms with Crippen molar-refractivity contribution in [3.8, 4) is 12.1 Å². The first kappa shape index (κ1) is 13.9. The summed E-state index contributed by atoms with van der Waals surface area (Å²) in [5.74, 6) is 0.123. The number of carbonyl (C=O) groups excluding carboxylic acids is 1. The van der Waals surface area contributed by atoms with Crippen LogP contribution in [0.2, 0.25) is 0 Å². The number of rotatable bonds is 1. The maximum absolute atomic E-state index is 12.3. The van der Waals surface area contributed by atoms with Gasteiger partial charge in [0.05, 0.1) is 17.6 Å². The smallest absolute Gasteiger partial charge is 0.205 e. The molecule has 0 saturated heterocycles. The van der Waals surface area contributed by atoms with E-state index in [1.54, 1.807) is 24.3 Å². The van der Waals surface area contributed by atoms with E-state index in [-0.39, 0.29) is 17.2 Å². The zero-order chi connectivity index (χ0) is 15.7. The average molecular weight is 291 g/mol. The van der Waals surface area contributed by atoms with Gasteiger partial charge in [0.2, 0.25) is 5.88 Å². The lowest BCUT2D eigenvalue weighted by molar-refractivity contribution is -0.116. The maximum Gasteiger partial charge on any atom is 0.205 e. The quantitative estimate of drug-likeness (QED) is 0.856. The minimum absolute atomic E-state index is 0.00383. The van der Waals surface area contributed by atoms with Gasteiger partial charge < -0.3 is 10.5 Å². The monoisotopic (exact) mass is 291 g/mol. The van der Waals surface area contributed by atoms with Gasteiger partial charge in [-0.05, 0) is 24.1 Å². The third-order valence-electron chi connectivity index (χ3n) is 3.98. The summed E-state index contributed by atoms with van der Waals surface area (Å²) in [7, 11) is 0. The number of ether oxygens (including phenoxy) is 1. The molecule has 5 nitrogen and oxygen atoms in total. The van der Waals surface area contributed by atoms with Crippen LogP contribution in [0.1, 0.15) is 36.3 Å². The molecule has 0 radical (unpaired) electrons. The van der Waals surface area contributed by atoms with Crippen LogP contribution < -0.4 is 5.73 Å². The van der Waals surface area contributed by atoms with E-state index in [4.69, 9.17) is 15.7 Å². The van der Waals surface area contributed by atoms with E-state index in [0.717, 1.165) is 12.0 Å². The van der Waals surface area contributed by atoms with Crippen LogP contribution in [0.25, 0.3) is 0 Å². The van der Waals surface area contributed by atoms with E-state index in [1.807, 2.05) is 0 Å². The second kappa shape index (κ2) is 5.38. The molecule has 0 unspecified atom stereocenters. The minimum atomic E-state index is -0.505. The van der Waals surface area contributed by atoms with Gasteiger partial charge in [-0.15, -0.1) is 0 Å². The van der Waals surface area contributed by atoms with Gasteiger partial charge in [-0.3, -0.25) is 4.79 Å². The van der Waals surface area contributed by atoms with Crippen LogP contribution in [0.15, 0.2) is 47.1 Å². The van der Waals surface area contributed by atoms with E-state index >= 15 is 0 Å². The largest absolute Gasteiger partial charge is 0.444 e. The molecule has 1 aliphatic carbocycles. The minimum Gasteiger partial charge on any atom is -0.444 e. The number of nitriles is 2. The molecule has 5 heteroatoms. The van der Waals surface area contributed by atoms with Gasteiger partial charge >= 0.3 is 0 Å². The highest BCUT2D eigenvalue weighted by atomic mass is 16.5. The SMILES string of the molecule is N#CC1=C(N)OC2=C(C(=O)CCC2)[C@@H]1c1ccc(C#N)cc1. The number of nitrogens with two attached hydrogens (primary N) is 1. The molecule has 1 aliphatic heterocycles. The van der Waals surface area contributed by atoms with Crippen LogP contribution in [-0.4, -0.2) is 5.78 Å². The molecule has 108 valence electrons.